The summed E-state index contributed by atoms with van der Waals surface area (Å²) in [6, 6.07) is 0. The molecular weight excluding hydrogens is 114 g/mol. The van der Waals surface area contributed by atoms with Crippen molar-refractivity contribution in [3.63, 3.8) is 0 Å². The molecule has 1 rings (SSSR count). The molecule has 50 valence electrons. The highest BCUT2D eigenvalue weighted by Crippen LogP contribution is 2.04. The number of hydrogen-bond acceptors (Lipinski definition) is 2. The van der Waals surface area contributed by atoms with Crippen LogP contribution in [0.2, 0.25) is 0 Å². The zero-order chi connectivity index (χ0) is 6.69. The van der Waals surface area contributed by atoms with E-state index in [9.17, 15) is 0 Å². The highest BCUT2D eigenvalue weighted by atomic mass is 16.5. The van der Waals surface area contributed by atoms with E-state index in [4.69, 9.17) is 4.74 Å². The van der Waals surface area contributed by atoms with Crippen molar-refractivity contribution in [3.05, 3.63) is 24.1 Å². The van der Waals surface area contributed by atoms with Crippen molar-refractivity contribution in [3.8, 4) is 0 Å². The number of nitrogens with zero attached hydrogens (tertiary/aromatic N) is 1. The van der Waals surface area contributed by atoms with Crippen molar-refractivity contribution in [2.24, 2.45) is 0 Å². The summed E-state index contributed by atoms with van der Waals surface area (Å²) in [5.74, 6) is 0.920. The van der Waals surface area contributed by atoms with Crippen LogP contribution < -0.4 is 0 Å². The second-order valence-electron chi connectivity index (χ2n) is 2.08. The fourth-order valence-corrected chi connectivity index (χ4v) is 0.769. The van der Waals surface area contributed by atoms with Crippen molar-refractivity contribution in [1.82, 2.24) is 4.90 Å². The van der Waals surface area contributed by atoms with E-state index in [2.05, 4.69) is 11.0 Å². The van der Waals surface area contributed by atoms with Crippen LogP contribution in [0.25, 0.3) is 0 Å². The molecule has 0 amide bonds. The minimum Gasteiger partial charge on any atom is -0.495 e. The van der Waals surface area contributed by atoms with Gasteiger partial charge < -0.3 is 9.64 Å². The van der Waals surface area contributed by atoms with Gasteiger partial charge in [0.1, 0.15) is 5.76 Å². The van der Waals surface area contributed by atoms with Gasteiger partial charge in [0.25, 0.3) is 0 Å². The average Bonchev–Trinajstić information content (AvgIpc) is 1.88. The standard InChI is InChI=1S/C7H11NO/c1-8-5-3-4-7(6-8)9-2/h3-4,6H,5H2,1-2H3. The SMILES string of the molecule is COC1=CN(C)CC=C1. The van der Waals surface area contributed by atoms with Crippen LogP contribution in [0.4, 0.5) is 0 Å². The predicted octanol–water partition coefficient (Wildman–Crippen LogP) is 0.976. The Morgan fingerprint density at radius 2 is 2.44 bits per heavy atom. The van der Waals surface area contributed by atoms with Gasteiger partial charge in [0.05, 0.1) is 7.11 Å². The van der Waals surface area contributed by atoms with Crippen molar-refractivity contribution in [2.45, 2.75) is 0 Å². The fraction of sp³-hybridized carbons (Fsp3) is 0.429. The number of hydrogen-bond donors (Lipinski definition) is 0. The Morgan fingerprint density at radius 3 is 2.89 bits per heavy atom. The molecule has 1 aliphatic rings. The maximum absolute atomic E-state index is 4.99. The summed E-state index contributed by atoms with van der Waals surface area (Å²) >= 11 is 0. The third kappa shape index (κ3) is 1.49. The molecule has 0 aromatic heterocycles. The van der Waals surface area contributed by atoms with Crippen LogP contribution in [0.15, 0.2) is 24.1 Å². The average molecular weight is 125 g/mol. The summed E-state index contributed by atoms with van der Waals surface area (Å²) in [6.07, 6.45) is 6.01. The van der Waals surface area contributed by atoms with E-state index in [1.807, 2.05) is 19.3 Å². The van der Waals surface area contributed by atoms with Crippen molar-refractivity contribution < 1.29 is 4.74 Å². The highest BCUT2D eigenvalue weighted by molar-refractivity contribution is 5.15. The molecule has 0 fully saturated rings. The molecule has 9 heavy (non-hydrogen) atoms. The molecule has 0 radical (unpaired) electrons. The summed E-state index contributed by atoms with van der Waals surface area (Å²) in [5, 5.41) is 0. The largest absolute Gasteiger partial charge is 0.495 e. The minimum absolute atomic E-state index is 0.920. The Labute approximate surface area is 55.4 Å². The quantitative estimate of drug-likeness (QED) is 0.518. The summed E-state index contributed by atoms with van der Waals surface area (Å²) < 4.78 is 4.99. The first-order valence-corrected chi connectivity index (χ1v) is 2.95. The Kier molecular flexibility index (Phi) is 1.78. The number of ether oxygens (including phenoxy) is 1. The van der Waals surface area contributed by atoms with Gasteiger partial charge >= 0.3 is 0 Å². The smallest absolute Gasteiger partial charge is 0.134 e. The summed E-state index contributed by atoms with van der Waals surface area (Å²) in [7, 11) is 3.69. The third-order valence-electron chi connectivity index (χ3n) is 1.26. The molecule has 0 aliphatic carbocycles. The van der Waals surface area contributed by atoms with E-state index in [1.165, 1.54) is 0 Å². The number of rotatable bonds is 1. The molecule has 1 aliphatic heterocycles. The van der Waals surface area contributed by atoms with E-state index in [1.54, 1.807) is 7.11 Å². The first-order valence-electron chi connectivity index (χ1n) is 2.95. The second kappa shape index (κ2) is 2.58. The van der Waals surface area contributed by atoms with E-state index in [0.717, 1.165) is 12.3 Å². The Hall–Kier alpha value is -0.920. The third-order valence-corrected chi connectivity index (χ3v) is 1.26. The van der Waals surface area contributed by atoms with Crippen LogP contribution in [0.3, 0.4) is 0 Å². The minimum atomic E-state index is 0.920. The normalized spacial score (nSPS) is 17.6. The van der Waals surface area contributed by atoms with Gasteiger partial charge in [-0.1, -0.05) is 6.08 Å². The Morgan fingerprint density at radius 1 is 1.67 bits per heavy atom. The number of methoxy groups -OCH3 is 1. The topological polar surface area (TPSA) is 12.5 Å². The van der Waals surface area contributed by atoms with Gasteiger partial charge in [-0.2, -0.15) is 0 Å². The second-order valence-corrected chi connectivity index (χ2v) is 2.08. The zero-order valence-electron chi connectivity index (χ0n) is 5.79. The van der Waals surface area contributed by atoms with Crippen molar-refractivity contribution >= 4 is 0 Å². The molecule has 1 heterocycles. The molecule has 0 saturated carbocycles. The number of likely N-dealkylation sites (N-methyl/N-ethyl adjacent to an activating group) is 1. The van der Waals surface area contributed by atoms with Gasteiger partial charge in [0.15, 0.2) is 0 Å². The van der Waals surface area contributed by atoms with Gasteiger partial charge in [0.2, 0.25) is 0 Å². The molecule has 0 saturated heterocycles. The van der Waals surface area contributed by atoms with E-state index < -0.39 is 0 Å². The Balaban J connectivity index is 2.59. The maximum atomic E-state index is 4.99. The lowest BCUT2D eigenvalue weighted by Gasteiger charge is -2.16. The van der Waals surface area contributed by atoms with Crippen LogP contribution in [-0.2, 0) is 4.74 Å². The van der Waals surface area contributed by atoms with E-state index in [-0.39, 0.29) is 0 Å². The molecule has 0 bridgehead atoms. The van der Waals surface area contributed by atoms with Gasteiger partial charge in [-0.3, -0.25) is 0 Å². The lowest BCUT2D eigenvalue weighted by atomic mass is 10.3. The molecule has 0 N–H and O–H groups in total. The van der Waals surface area contributed by atoms with Crippen LogP contribution >= 0.6 is 0 Å². The summed E-state index contributed by atoms with van der Waals surface area (Å²) in [6.45, 7) is 0.979. The Bertz CT molecular complexity index is 149. The molecule has 0 spiro atoms. The number of allylic oxidation sites excluding steroid dienone is 1. The molecule has 0 unspecified atom stereocenters. The lowest BCUT2D eigenvalue weighted by Crippen LogP contribution is -2.14. The molecule has 2 nitrogen and oxygen atoms in total. The zero-order valence-corrected chi connectivity index (χ0v) is 5.79. The monoisotopic (exact) mass is 125 g/mol. The van der Waals surface area contributed by atoms with Gasteiger partial charge in [-0.25, -0.2) is 0 Å². The van der Waals surface area contributed by atoms with Gasteiger partial charge in [-0.15, -0.1) is 0 Å². The van der Waals surface area contributed by atoms with Crippen molar-refractivity contribution in [1.29, 1.82) is 0 Å². The van der Waals surface area contributed by atoms with Crippen LogP contribution in [0.1, 0.15) is 0 Å². The van der Waals surface area contributed by atoms with E-state index >= 15 is 0 Å². The first-order chi connectivity index (χ1) is 4.33. The molecule has 0 aromatic carbocycles. The first kappa shape index (κ1) is 6.20. The van der Waals surface area contributed by atoms with Gasteiger partial charge in [0, 0.05) is 19.8 Å². The maximum Gasteiger partial charge on any atom is 0.134 e. The summed E-state index contributed by atoms with van der Waals surface area (Å²) in [4.78, 5) is 2.07. The molecule has 0 aromatic rings. The van der Waals surface area contributed by atoms with Crippen LogP contribution in [-0.4, -0.2) is 25.6 Å². The predicted molar refractivity (Wildman–Crippen MR) is 36.9 cm³/mol. The molecular formula is C7H11NO. The molecule has 2 heteroatoms. The van der Waals surface area contributed by atoms with Gasteiger partial charge in [-0.05, 0) is 6.08 Å². The van der Waals surface area contributed by atoms with Crippen LogP contribution in [0, 0.1) is 0 Å². The fourth-order valence-electron chi connectivity index (χ4n) is 0.769. The highest BCUT2D eigenvalue weighted by Gasteiger charge is 1.97. The summed E-state index contributed by atoms with van der Waals surface area (Å²) in [5.41, 5.74) is 0. The lowest BCUT2D eigenvalue weighted by molar-refractivity contribution is 0.290. The molecule has 0 atom stereocenters. The van der Waals surface area contributed by atoms with Crippen LogP contribution in [0.5, 0.6) is 0 Å². The van der Waals surface area contributed by atoms with Crippen molar-refractivity contribution in [2.75, 3.05) is 20.7 Å². The van der Waals surface area contributed by atoms with E-state index in [0.29, 0.717) is 0 Å².